The van der Waals surface area contributed by atoms with Gasteiger partial charge in [0.25, 0.3) is 0 Å². The molecule has 120 valence electrons. The molecule has 1 aliphatic carbocycles. The second-order valence-electron chi connectivity index (χ2n) is 7.43. The highest BCUT2D eigenvalue weighted by atomic mass is 16.2. The zero-order valence-corrected chi connectivity index (χ0v) is 13.8. The number of rotatable bonds is 2. The lowest BCUT2D eigenvalue weighted by atomic mass is 9.95. The molecule has 0 spiro atoms. The first-order valence-electron chi connectivity index (χ1n) is 8.13. The normalized spacial score (nSPS) is 24.3. The van der Waals surface area contributed by atoms with Crippen molar-refractivity contribution in [3.05, 3.63) is 0 Å². The van der Waals surface area contributed by atoms with Gasteiger partial charge in [-0.1, -0.05) is 19.3 Å². The predicted octanol–water partition coefficient (Wildman–Crippen LogP) is 2.36. The molecule has 1 unspecified atom stereocenters. The first-order valence-corrected chi connectivity index (χ1v) is 8.13. The Morgan fingerprint density at radius 1 is 1.24 bits per heavy atom. The first-order chi connectivity index (χ1) is 9.79. The molecule has 0 bridgehead atoms. The van der Waals surface area contributed by atoms with E-state index in [1.54, 1.807) is 0 Å². The molecule has 2 aliphatic rings. The van der Waals surface area contributed by atoms with E-state index in [0.29, 0.717) is 19.0 Å². The van der Waals surface area contributed by atoms with Gasteiger partial charge in [-0.15, -0.1) is 0 Å². The van der Waals surface area contributed by atoms with Gasteiger partial charge in [-0.05, 0) is 33.6 Å². The third-order valence-corrected chi connectivity index (χ3v) is 4.71. The van der Waals surface area contributed by atoms with E-state index in [9.17, 15) is 9.59 Å². The molecule has 1 aliphatic heterocycles. The molecule has 1 atom stereocenters. The van der Waals surface area contributed by atoms with Crippen molar-refractivity contribution < 1.29 is 9.59 Å². The fraction of sp³-hybridized carbons (Fsp3) is 0.875. The van der Waals surface area contributed by atoms with Crippen molar-refractivity contribution in [2.45, 2.75) is 76.9 Å². The van der Waals surface area contributed by atoms with Crippen LogP contribution in [0.3, 0.4) is 0 Å². The van der Waals surface area contributed by atoms with E-state index in [1.807, 2.05) is 37.6 Å². The SMILES string of the molecule is CN(C(=O)NC1CC(=O)N(C(C)(C)C)C1)C1CCCCC1. The Morgan fingerprint density at radius 3 is 2.38 bits per heavy atom. The van der Waals surface area contributed by atoms with Gasteiger partial charge >= 0.3 is 6.03 Å². The summed E-state index contributed by atoms with van der Waals surface area (Å²) in [6.07, 6.45) is 6.32. The van der Waals surface area contributed by atoms with Gasteiger partial charge in [0, 0.05) is 31.6 Å². The average Bonchev–Trinajstić information content (AvgIpc) is 2.79. The van der Waals surface area contributed by atoms with E-state index in [-0.39, 0.29) is 23.5 Å². The lowest BCUT2D eigenvalue weighted by molar-refractivity contribution is -0.131. The maximum Gasteiger partial charge on any atom is 0.317 e. The van der Waals surface area contributed by atoms with Gasteiger partial charge in [-0.3, -0.25) is 4.79 Å². The van der Waals surface area contributed by atoms with Crippen molar-refractivity contribution >= 4 is 11.9 Å². The highest BCUT2D eigenvalue weighted by Crippen LogP contribution is 2.23. The predicted molar refractivity (Wildman–Crippen MR) is 83.0 cm³/mol. The lowest BCUT2D eigenvalue weighted by Gasteiger charge is -2.33. The molecule has 1 heterocycles. The van der Waals surface area contributed by atoms with Crippen LogP contribution in [-0.2, 0) is 4.79 Å². The summed E-state index contributed by atoms with van der Waals surface area (Å²) in [6.45, 7) is 6.71. The molecule has 3 amide bonds. The van der Waals surface area contributed by atoms with Crippen LogP contribution < -0.4 is 5.32 Å². The summed E-state index contributed by atoms with van der Waals surface area (Å²) in [7, 11) is 1.88. The molecule has 0 aromatic rings. The number of amides is 3. The highest BCUT2D eigenvalue weighted by Gasteiger charge is 2.37. The van der Waals surface area contributed by atoms with Crippen LogP contribution in [0.1, 0.15) is 59.3 Å². The molecule has 0 radical (unpaired) electrons. The van der Waals surface area contributed by atoms with Crippen LogP contribution in [-0.4, -0.2) is 53.0 Å². The number of hydrogen-bond acceptors (Lipinski definition) is 2. The summed E-state index contributed by atoms with van der Waals surface area (Å²) in [5, 5.41) is 3.03. The maximum atomic E-state index is 12.3. The molecular formula is C16H29N3O2. The monoisotopic (exact) mass is 295 g/mol. The molecule has 0 aromatic heterocycles. The maximum absolute atomic E-state index is 12.3. The molecule has 2 rings (SSSR count). The zero-order valence-electron chi connectivity index (χ0n) is 13.8. The fourth-order valence-electron chi connectivity index (χ4n) is 3.36. The molecule has 2 fully saturated rings. The van der Waals surface area contributed by atoms with E-state index in [0.717, 1.165) is 12.8 Å². The molecule has 1 saturated heterocycles. The van der Waals surface area contributed by atoms with Crippen molar-refractivity contribution in [1.82, 2.24) is 15.1 Å². The Kier molecular flexibility index (Phi) is 4.79. The van der Waals surface area contributed by atoms with Crippen LogP contribution in [0.25, 0.3) is 0 Å². The average molecular weight is 295 g/mol. The summed E-state index contributed by atoms with van der Waals surface area (Å²) >= 11 is 0. The van der Waals surface area contributed by atoms with E-state index in [4.69, 9.17) is 0 Å². The van der Waals surface area contributed by atoms with Gasteiger partial charge in [0.2, 0.25) is 5.91 Å². The van der Waals surface area contributed by atoms with E-state index in [2.05, 4.69) is 5.32 Å². The van der Waals surface area contributed by atoms with Crippen LogP contribution in [0, 0.1) is 0 Å². The second-order valence-corrected chi connectivity index (χ2v) is 7.43. The van der Waals surface area contributed by atoms with Crippen LogP contribution in [0.2, 0.25) is 0 Å². The summed E-state index contributed by atoms with van der Waals surface area (Å²) in [5.41, 5.74) is -0.175. The molecule has 0 aromatic carbocycles. The van der Waals surface area contributed by atoms with Gasteiger partial charge < -0.3 is 15.1 Å². The fourth-order valence-corrected chi connectivity index (χ4v) is 3.36. The topological polar surface area (TPSA) is 52.7 Å². The summed E-state index contributed by atoms with van der Waals surface area (Å²) in [6, 6.07) is 0.264. The number of carbonyl (C=O) groups excluding carboxylic acids is 2. The van der Waals surface area contributed by atoms with Crippen LogP contribution in [0.15, 0.2) is 0 Å². The molecule has 5 heteroatoms. The smallest absolute Gasteiger partial charge is 0.317 e. The first kappa shape index (κ1) is 16.1. The number of urea groups is 1. The van der Waals surface area contributed by atoms with Crippen LogP contribution in [0.4, 0.5) is 4.79 Å². The van der Waals surface area contributed by atoms with Crippen molar-refractivity contribution in [3.8, 4) is 0 Å². The third-order valence-electron chi connectivity index (χ3n) is 4.71. The summed E-state index contributed by atoms with van der Waals surface area (Å²) in [4.78, 5) is 28.1. The van der Waals surface area contributed by atoms with E-state index >= 15 is 0 Å². The minimum atomic E-state index is -0.175. The van der Waals surface area contributed by atoms with Crippen molar-refractivity contribution in [3.63, 3.8) is 0 Å². The third kappa shape index (κ3) is 3.89. The largest absolute Gasteiger partial charge is 0.336 e. The van der Waals surface area contributed by atoms with E-state index in [1.165, 1.54) is 19.3 Å². The number of hydrogen-bond donors (Lipinski definition) is 1. The van der Waals surface area contributed by atoms with Gasteiger partial charge in [-0.25, -0.2) is 4.79 Å². The molecule has 5 nitrogen and oxygen atoms in total. The summed E-state index contributed by atoms with van der Waals surface area (Å²) < 4.78 is 0. The van der Waals surface area contributed by atoms with Gasteiger partial charge in [0.05, 0.1) is 6.04 Å². The summed E-state index contributed by atoms with van der Waals surface area (Å²) in [5.74, 6) is 0.133. The van der Waals surface area contributed by atoms with E-state index < -0.39 is 0 Å². The quantitative estimate of drug-likeness (QED) is 0.850. The number of nitrogens with zero attached hydrogens (tertiary/aromatic N) is 2. The molecular weight excluding hydrogens is 266 g/mol. The lowest BCUT2D eigenvalue weighted by Crippen LogP contribution is -2.49. The Bertz CT molecular complexity index is 397. The standard InChI is InChI=1S/C16H29N3O2/c1-16(2,3)19-11-12(10-14(19)20)17-15(21)18(4)13-8-6-5-7-9-13/h12-13H,5-11H2,1-4H3,(H,17,21). The Labute approximate surface area is 128 Å². The molecule has 1 N–H and O–H groups in total. The minimum absolute atomic E-state index is 0.0320. The number of carbonyl (C=O) groups is 2. The Balaban J connectivity index is 1.87. The minimum Gasteiger partial charge on any atom is -0.336 e. The van der Waals surface area contributed by atoms with Crippen molar-refractivity contribution in [2.75, 3.05) is 13.6 Å². The number of likely N-dealkylation sites (tertiary alicyclic amines) is 1. The van der Waals surface area contributed by atoms with Gasteiger partial charge in [0.1, 0.15) is 0 Å². The van der Waals surface area contributed by atoms with Crippen molar-refractivity contribution in [2.24, 2.45) is 0 Å². The number of nitrogens with one attached hydrogen (secondary N) is 1. The molecule has 21 heavy (non-hydrogen) atoms. The van der Waals surface area contributed by atoms with Gasteiger partial charge in [-0.2, -0.15) is 0 Å². The van der Waals surface area contributed by atoms with Crippen LogP contribution >= 0.6 is 0 Å². The van der Waals surface area contributed by atoms with Crippen molar-refractivity contribution in [1.29, 1.82) is 0 Å². The van der Waals surface area contributed by atoms with Crippen LogP contribution in [0.5, 0.6) is 0 Å². The second kappa shape index (κ2) is 6.24. The van der Waals surface area contributed by atoms with Gasteiger partial charge in [0.15, 0.2) is 0 Å². The Hall–Kier alpha value is -1.26. The Morgan fingerprint density at radius 2 is 1.86 bits per heavy atom. The highest BCUT2D eigenvalue weighted by molar-refractivity contribution is 5.82. The molecule has 1 saturated carbocycles. The zero-order chi connectivity index (χ0) is 15.6.